The highest BCUT2D eigenvalue weighted by Crippen LogP contribution is 2.31. The van der Waals surface area contributed by atoms with E-state index < -0.39 is 0 Å². The summed E-state index contributed by atoms with van der Waals surface area (Å²) in [5.41, 5.74) is 1.71. The summed E-state index contributed by atoms with van der Waals surface area (Å²) in [7, 11) is 1.94. The Labute approximate surface area is 142 Å². The minimum Gasteiger partial charge on any atom is -0.394 e. The summed E-state index contributed by atoms with van der Waals surface area (Å²) < 4.78 is 1.88. The summed E-state index contributed by atoms with van der Waals surface area (Å²) in [5.74, 6) is 0. The van der Waals surface area contributed by atoms with E-state index >= 15 is 0 Å². The third-order valence-corrected chi connectivity index (χ3v) is 5.27. The van der Waals surface area contributed by atoms with Gasteiger partial charge in [-0.3, -0.25) is 4.68 Å². The van der Waals surface area contributed by atoms with Crippen molar-refractivity contribution in [3.8, 4) is 0 Å². The van der Waals surface area contributed by atoms with Gasteiger partial charge < -0.3 is 15.3 Å². The molecule has 1 atom stereocenters. The Morgan fingerprint density at radius 1 is 1.42 bits per heavy atom. The number of hydrogen-bond donors (Lipinski definition) is 2. The van der Waals surface area contributed by atoms with Crippen LogP contribution in [0.2, 0.25) is 0 Å². The van der Waals surface area contributed by atoms with Crippen molar-refractivity contribution in [3.63, 3.8) is 0 Å². The quantitative estimate of drug-likeness (QED) is 0.881. The average molecular weight is 330 g/mol. The molecule has 2 heterocycles. The highest BCUT2D eigenvalue weighted by atomic mass is 16.3. The number of carbonyl (C=O) groups is 1. The summed E-state index contributed by atoms with van der Waals surface area (Å²) in [6.07, 6.45) is 3.30. The van der Waals surface area contributed by atoms with E-state index in [4.69, 9.17) is 0 Å². The Kier molecular flexibility index (Phi) is 4.76. The van der Waals surface area contributed by atoms with Crippen molar-refractivity contribution >= 4 is 16.9 Å². The molecule has 0 radical (unpaired) electrons. The largest absolute Gasteiger partial charge is 0.394 e. The van der Waals surface area contributed by atoms with E-state index in [1.807, 2.05) is 41.8 Å². The van der Waals surface area contributed by atoms with Gasteiger partial charge in [0.05, 0.1) is 23.4 Å². The number of aryl methyl sites for hydroxylation is 1. The topological polar surface area (TPSA) is 70.4 Å². The first kappa shape index (κ1) is 16.8. The van der Waals surface area contributed by atoms with E-state index in [1.54, 1.807) is 0 Å². The first-order chi connectivity index (χ1) is 11.6. The van der Waals surface area contributed by atoms with Gasteiger partial charge in [0, 0.05) is 31.9 Å². The monoisotopic (exact) mass is 330 g/mol. The van der Waals surface area contributed by atoms with Gasteiger partial charge in [0.15, 0.2) is 0 Å². The number of aromatic nitrogens is 2. The molecule has 1 aromatic carbocycles. The summed E-state index contributed by atoms with van der Waals surface area (Å²) in [4.78, 5) is 14.3. The molecule has 6 nitrogen and oxygen atoms in total. The second kappa shape index (κ2) is 6.81. The van der Waals surface area contributed by atoms with E-state index in [0.29, 0.717) is 19.5 Å². The third-order valence-electron chi connectivity index (χ3n) is 5.27. The molecule has 3 rings (SSSR count). The number of rotatable bonds is 5. The van der Waals surface area contributed by atoms with Crippen LogP contribution in [0.15, 0.2) is 24.3 Å². The molecule has 1 aliphatic rings. The normalized spacial score (nSPS) is 20.7. The van der Waals surface area contributed by atoms with E-state index in [2.05, 4.69) is 16.5 Å². The predicted molar refractivity (Wildman–Crippen MR) is 93.9 cm³/mol. The number of fused-ring (bicyclic) bond motifs is 1. The van der Waals surface area contributed by atoms with Crippen molar-refractivity contribution < 1.29 is 9.90 Å². The van der Waals surface area contributed by atoms with Gasteiger partial charge in [-0.05, 0) is 25.3 Å². The van der Waals surface area contributed by atoms with Gasteiger partial charge in [0.1, 0.15) is 0 Å². The summed E-state index contributed by atoms with van der Waals surface area (Å²) in [5, 5.41) is 18.4. The van der Waals surface area contributed by atoms with Crippen molar-refractivity contribution in [1.29, 1.82) is 0 Å². The lowest BCUT2D eigenvalue weighted by Crippen LogP contribution is -2.53. The zero-order valence-corrected chi connectivity index (χ0v) is 14.5. The molecule has 1 fully saturated rings. The van der Waals surface area contributed by atoms with E-state index in [-0.39, 0.29) is 18.2 Å². The first-order valence-corrected chi connectivity index (χ1v) is 8.68. The fourth-order valence-corrected chi connectivity index (χ4v) is 3.76. The van der Waals surface area contributed by atoms with Crippen molar-refractivity contribution in [2.24, 2.45) is 7.05 Å². The molecule has 2 N–H and O–H groups in total. The van der Waals surface area contributed by atoms with Crippen LogP contribution in [0, 0.1) is 0 Å². The third kappa shape index (κ3) is 2.86. The molecule has 1 aromatic heterocycles. The molecule has 1 aliphatic heterocycles. The van der Waals surface area contributed by atoms with E-state index in [1.165, 1.54) is 0 Å². The van der Waals surface area contributed by atoms with E-state index in [9.17, 15) is 9.90 Å². The molecule has 2 aromatic rings. The highest BCUT2D eigenvalue weighted by molar-refractivity contribution is 5.82. The molecular weight excluding hydrogens is 304 g/mol. The molecule has 6 heteroatoms. The number of para-hydroxylation sites is 1. The summed E-state index contributed by atoms with van der Waals surface area (Å²) >= 11 is 0. The molecule has 130 valence electrons. The molecule has 0 aliphatic carbocycles. The van der Waals surface area contributed by atoms with Crippen LogP contribution in [0.4, 0.5) is 4.79 Å². The van der Waals surface area contributed by atoms with Crippen LogP contribution in [-0.4, -0.2) is 51.1 Å². The SMILES string of the molecule is CCC1(CO)CCCN1C(=O)NCCc1nn(C)c2ccccc12. The highest BCUT2D eigenvalue weighted by Gasteiger charge is 2.41. The Morgan fingerprint density at radius 3 is 2.96 bits per heavy atom. The zero-order chi connectivity index (χ0) is 17.2. The number of carbonyl (C=O) groups excluding carboxylic acids is 1. The Balaban J connectivity index is 1.63. The van der Waals surface area contributed by atoms with Crippen molar-refractivity contribution in [1.82, 2.24) is 20.0 Å². The standard InChI is InChI=1S/C18H26N4O2/c1-3-18(13-23)10-6-12-22(18)17(24)19-11-9-15-14-7-4-5-8-16(14)21(2)20-15/h4-5,7-8,23H,3,6,9-13H2,1-2H3,(H,19,24). The predicted octanol–water partition coefficient (Wildman–Crippen LogP) is 2.06. The molecule has 0 bridgehead atoms. The molecule has 1 unspecified atom stereocenters. The van der Waals surface area contributed by atoms with Crippen LogP contribution < -0.4 is 5.32 Å². The van der Waals surface area contributed by atoms with Crippen molar-refractivity contribution in [2.75, 3.05) is 19.7 Å². The lowest BCUT2D eigenvalue weighted by molar-refractivity contribution is 0.0811. The lowest BCUT2D eigenvalue weighted by Gasteiger charge is -2.36. The first-order valence-electron chi connectivity index (χ1n) is 8.68. The maximum Gasteiger partial charge on any atom is 0.317 e. The van der Waals surface area contributed by atoms with E-state index in [0.717, 1.165) is 35.9 Å². The van der Waals surface area contributed by atoms with Crippen LogP contribution in [0.3, 0.4) is 0 Å². The van der Waals surface area contributed by atoms with Gasteiger partial charge in [-0.1, -0.05) is 25.1 Å². The molecule has 24 heavy (non-hydrogen) atoms. The number of aliphatic hydroxyl groups excluding tert-OH is 1. The van der Waals surface area contributed by atoms with Gasteiger partial charge >= 0.3 is 6.03 Å². The Hall–Kier alpha value is -2.08. The fraction of sp³-hybridized carbons (Fsp3) is 0.556. The van der Waals surface area contributed by atoms with Crippen molar-refractivity contribution in [2.45, 2.75) is 38.1 Å². The number of nitrogens with zero attached hydrogens (tertiary/aromatic N) is 3. The number of aliphatic hydroxyl groups is 1. The van der Waals surface area contributed by atoms with Gasteiger partial charge in [-0.25, -0.2) is 4.79 Å². The van der Waals surface area contributed by atoms with Gasteiger partial charge in [-0.15, -0.1) is 0 Å². The zero-order valence-electron chi connectivity index (χ0n) is 14.5. The summed E-state index contributed by atoms with van der Waals surface area (Å²) in [6, 6.07) is 8.04. The number of benzene rings is 1. The van der Waals surface area contributed by atoms with Crippen LogP contribution in [-0.2, 0) is 13.5 Å². The number of amides is 2. The van der Waals surface area contributed by atoms with Crippen molar-refractivity contribution in [3.05, 3.63) is 30.0 Å². The van der Waals surface area contributed by atoms with Gasteiger partial charge in [-0.2, -0.15) is 5.10 Å². The minimum absolute atomic E-state index is 0.0296. The number of urea groups is 1. The fourth-order valence-electron chi connectivity index (χ4n) is 3.76. The summed E-state index contributed by atoms with van der Waals surface area (Å²) in [6.45, 7) is 3.32. The smallest absolute Gasteiger partial charge is 0.317 e. The number of likely N-dealkylation sites (tertiary alicyclic amines) is 1. The maximum absolute atomic E-state index is 12.5. The Bertz CT molecular complexity index is 721. The van der Waals surface area contributed by atoms with Crippen LogP contribution >= 0.6 is 0 Å². The maximum atomic E-state index is 12.5. The molecule has 0 spiro atoms. The van der Waals surface area contributed by atoms with Crippen LogP contribution in [0.5, 0.6) is 0 Å². The number of hydrogen-bond acceptors (Lipinski definition) is 3. The minimum atomic E-state index is -0.387. The van der Waals surface area contributed by atoms with Crippen LogP contribution in [0.25, 0.3) is 10.9 Å². The second-order valence-electron chi connectivity index (χ2n) is 6.56. The van der Waals surface area contributed by atoms with Gasteiger partial charge in [0.2, 0.25) is 0 Å². The molecule has 2 amide bonds. The Morgan fingerprint density at radius 2 is 2.21 bits per heavy atom. The van der Waals surface area contributed by atoms with Gasteiger partial charge in [0.25, 0.3) is 0 Å². The molecule has 1 saturated heterocycles. The second-order valence-corrected chi connectivity index (χ2v) is 6.56. The average Bonchev–Trinajstić information content (AvgIpc) is 3.17. The molecule has 0 saturated carbocycles. The van der Waals surface area contributed by atoms with Crippen LogP contribution in [0.1, 0.15) is 31.9 Å². The number of nitrogens with one attached hydrogen (secondary N) is 1. The molecular formula is C18H26N4O2. The lowest BCUT2D eigenvalue weighted by atomic mass is 9.94.